The third-order valence-corrected chi connectivity index (χ3v) is 4.68. The van der Waals surface area contributed by atoms with E-state index in [0.717, 1.165) is 69.6 Å². The number of hydrogen-bond donors (Lipinski definition) is 0. The van der Waals surface area contributed by atoms with Crippen LogP contribution in [0.4, 0.5) is 11.8 Å². The largest absolute Gasteiger partial charge is 0.356 e. The normalized spacial score (nSPS) is 20.2. The molecule has 0 unspecified atom stereocenters. The highest BCUT2D eigenvalue weighted by Crippen LogP contribution is 2.33. The number of rotatable bonds is 5. The Labute approximate surface area is 138 Å². The third-order valence-electron chi connectivity index (χ3n) is 4.68. The van der Waals surface area contributed by atoms with E-state index in [1.807, 2.05) is 6.92 Å². The predicted octanol–water partition coefficient (Wildman–Crippen LogP) is 2.36. The molecule has 2 aliphatic heterocycles. The molecule has 2 aliphatic rings. The Bertz CT molecular complexity index is 521. The average molecular weight is 320 g/mol. The first-order valence-corrected chi connectivity index (χ1v) is 8.71. The van der Waals surface area contributed by atoms with Crippen molar-refractivity contribution in [2.75, 3.05) is 49.7 Å². The minimum Gasteiger partial charge on any atom is -0.356 e. The Kier molecular flexibility index (Phi) is 5.02. The number of ether oxygens (including phenoxy) is 2. The summed E-state index contributed by atoms with van der Waals surface area (Å²) in [5.74, 6) is 1.50. The Hall–Kier alpha value is -1.40. The van der Waals surface area contributed by atoms with Gasteiger partial charge in [-0.3, -0.25) is 0 Å². The van der Waals surface area contributed by atoms with Gasteiger partial charge in [-0.25, -0.2) is 4.98 Å². The highest BCUT2D eigenvalue weighted by Gasteiger charge is 2.40. The second-order valence-corrected chi connectivity index (χ2v) is 6.54. The van der Waals surface area contributed by atoms with E-state index in [1.165, 1.54) is 6.42 Å². The Balaban J connectivity index is 1.69. The van der Waals surface area contributed by atoms with Crippen molar-refractivity contribution in [1.82, 2.24) is 9.97 Å². The van der Waals surface area contributed by atoms with E-state index in [0.29, 0.717) is 0 Å². The van der Waals surface area contributed by atoms with E-state index >= 15 is 0 Å². The van der Waals surface area contributed by atoms with Crippen molar-refractivity contribution in [3.8, 4) is 0 Å². The molecule has 6 nitrogen and oxygen atoms in total. The van der Waals surface area contributed by atoms with Gasteiger partial charge in [0, 0.05) is 51.3 Å². The van der Waals surface area contributed by atoms with E-state index < -0.39 is 0 Å². The van der Waals surface area contributed by atoms with Crippen molar-refractivity contribution in [2.24, 2.45) is 0 Å². The summed E-state index contributed by atoms with van der Waals surface area (Å²) in [6.45, 7) is 8.50. The van der Waals surface area contributed by atoms with Crippen LogP contribution >= 0.6 is 0 Å². The van der Waals surface area contributed by atoms with E-state index in [4.69, 9.17) is 14.5 Å². The van der Waals surface area contributed by atoms with Gasteiger partial charge < -0.3 is 19.3 Å². The highest BCUT2D eigenvalue weighted by atomic mass is 16.7. The minimum absolute atomic E-state index is 0.334. The first kappa shape index (κ1) is 16.5. The van der Waals surface area contributed by atoms with Crippen molar-refractivity contribution in [2.45, 2.75) is 45.3 Å². The van der Waals surface area contributed by atoms with Crippen LogP contribution in [0, 0.1) is 6.92 Å². The average Bonchev–Trinajstić information content (AvgIpc) is 3.01. The molecule has 1 spiro atoms. The maximum Gasteiger partial charge on any atom is 0.227 e. The van der Waals surface area contributed by atoms with Crippen LogP contribution in [0.5, 0.6) is 0 Å². The van der Waals surface area contributed by atoms with Gasteiger partial charge in [0.15, 0.2) is 5.79 Å². The topological polar surface area (TPSA) is 50.7 Å². The van der Waals surface area contributed by atoms with Crippen LogP contribution in [0.1, 0.15) is 38.3 Å². The Morgan fingerprint density at radius 2 is 1.91 bits per heavy atom. The molecule has 0 atom stereocenters. The van der Waals surface area contributed by atoms with Gasteiger partial charge in [0.25, 0.3) is 0 Å². The number of anilines is 2. The van der Waals surface area contributed by atoms with Crippen LogP contribution < -0.4 is 9.80 Å². The maximum absolute atomic E-state index is 5.81. The van der Waals surface area contributed by atoms with Gasteiger partial charge in [-0.05, 0) is 13.3 Å². The van der Waals surface area contributed by atoms with Gasteiger partial charge in [-0.15, -0.1) is 0 Å². The molecule has 0 saturated carbocycles. The first-order chi connectivity index (χ1) is 11.1. The van der Waals surface area contributed by atoms with Gasteiger partial charge in [0.05, 0.1) is 13.2 Å². The summed E-state index contributed by atoms with van der Waals surface area (Å²) in [5, 5.41) is 0. The number of aromatic nitrogens is 2. The lowest BCUT2D eigenvalue weighted by Gasteiger charge is -2.38. The molecular weight excluding hydrogens is 292 g/mol. The second-order valence-electron chi connectivity index (χ2n) is 6.54. The highest BCUT2D eigenvalue weighted by molar-refractivity contribution is 5.46. The number of nitrogens with zero attached hydrogens (tertiary/aromatic N) is 4. The number of piperidine rings is 1. The van der Waals surface area contributed by atoms with Gasteiger partial charge in [0.2, 0.25) is 5.95 Å². The smallest absolute Gasteiger partial charge is 0.227 e. The molecule has 1 aromatic heterocycles. The zero-order valence-electron chi connectivity index (χ0n) is 14.5. The van der Waals surface area contributed by atoms with Crippen molar-refractivity contribution in [3.05, 3.63) is 11.8 Å². The number of hydrogen-bond acceptors (Lipinski definition) is 6. The van der Waals surface area contributed by atoms with Crippen LogP contribution in [0.3, 0.4) is 0 Å². The van der Waals surface area contributed by atoms with Gasteiger partial charge in [-0.2, -0.15) is 4.98 Å². The molecule has 3 rings (SSSR count). The molecule has 128 valence electrons. The van der Waals surface area contributed by atoms with Crippen LogP contribution in [-0.2, 0) is 9.47 Å². The van der Waals surface area contributed by atoms with Crippen LogP contribution in [0.2, 0.25) is 0 Å². The van der Waals surface area contributed by atoms with E-state index in [2.05, 4.69) is 34.8 Å². The lowest BCUT2D eigenvalue weighted by molar-refractivity contribution is -0.169. The van der Waals surface area contributed by atoms with Crippen LogP contribution in [0.15, 0.2) is 6.07 Å². The van der Waals surface area contributed by atoms with E-state index in [-0.39, 0.29) is 5.79 Å². The first-order valence-electron chi connectivity index (χ1n) is 8.71. The van der Waals surface area contributed by atoms with Crippen LogP contribution in [0.25, 0.3) is 0 Å². The van der Waals surface area contributed by atoms with Crippen molar-refractivity contribution in [1.29, 1.82) is 0 Å². The summed E-state index contributed by atoms with van der Waals surface area (Å²) < 4.78 is 11.6. The molecule has 0 N–H and O–H groups in total. The molecule has 3 heterocycles. The standard InChI is InChI=1S/C17H28N4O2/c1-4-5-8-20(3)16-18-14(2)13-15(19-16)21-9-6-17(7-10-21)22-11-12-23-17/h13H,4-12H2,1-3H3. The second kappa shape index (κ2) is 7.01. The SMILES string of the molecule is CCCCN(C)c1nc(C)cc(N2CCC3(CC2)OCCO3)n1. The molecule has 0 aliphatic carbocycles. The molecule has 0 radical (unpaired) electrons. The quantitative estimate of drug-likeness (QED) is 0.830. The third kappa shape index (κ3) is 3.75. The van der Waals surface area contributed by atoms with Crippen molar-refractivity contribution in [3.63, 3.8) is 0 Å². The summed E-state index contributed by atoms with van der Waals surface area (Å²) in [4.78, 5) is 13.8. The van der Waals surface area contributed by atoms with Gasteiger partial charge >= 0.3 is 0 Å². The molecule has 0 amide bonds. The summed E-state index contributed by atoms with van der Waals surface area (Å²) in [6.07, 6.45) is 4.13. The fourth-order valence-electron chi connectivity index (χ4n) is 3.23. The predicted molar refractivity (Wildman–Crippen MR) is 91.0 cm³/mol. The summed E-state index contributed by atoms with van der Waals surface area (Å²) in [5.41, 5.74) is 1.02. The number of unbranched alkanes of at least 4 members (excludes halogenated alkanes) is 1. The summed E-state index contributed by atoms with van der Waals surface area (Å²) in [6, 6.07) is 2.07. The van der Waals surface area contributed by atoms with Crippen LogP contribution in [-0.4, -0.2) is 55.7 Å². The van der Waals surface area contributed by atoms with Gasteiger partial charge in [0.1, 0.15) is 5.82 Å². The fourth-order valence-corrected chi connectivity index (χ4v) is 3.23. The molecule has 23 heavy (non-hydrogen) atoms. The molecule has 2 saturated heterocycles. The summed E-state index contributed by atoms with van der Waals surface area (Å²) >= 11 is 0. The Morgan fingerprint density at radius 3 is 2.57 bits per heavy atom. The van der Waals surface area contributed by atoms with Crippen molar-refractivity contribution < 1.29 is 9.47 Å². The summed E-state index contributed by atoms with van der Waals surface area (Å²) in [7, 11) is 2.07. The molecule has 1 aromatic rings. The maximum atomic E-state index is 5.81. The molecule has 6 heteroatoms. The van der Waals surface area contributed by atoms with Gasteiger partial charge in [-0.1, -0.05) is 13.3 Å². The molecule has 0 bridgehead atoms. The molecule has 2 fully saturated rings. The lowest BCUT2D eigenvalue weighted by Crippen LogP contribution is -2.45. The monoisotopic (exact) mass is 320 g/mol. The zero-order valence-corrected chi connectivity index (χ0v) is 14.5. The lowest BCUT2D eigenvalue weighted by atomic mass is 10.0. The Morgan fingerprint density at radius 1 is 1.22 bits per heavy atom. The van der Waals surface area contributed by atoms with E-state index in [9.17, 15) is 0 Å². The van der Waals surface area contributed by atoms with E-state index in [1.54, 1.807) is 0 Å². The minimum atomic E-state index is -0.334. The number of aryl methyl sites for hydroxylation is 1. The fraction of sp³-hybridized carbons (Fsp3) is 0.765. The molecular formula is C17H28N4O2. The zero-order chi connectivity index (χ0) is 16.3. The van der Waals surface area contributed by atoms with Crippen molar-refractivity contribution >= 4 is 11.8 Å². The molecule has 0 aromatic carbocycles.